The quantitative estimate of drug-likeness (QED) is 0.401. The van der Waals surface area contributed by atoms with E-state index in [1.807, 2.05) is 24.3 Å². The van der Waals surface area contributed by atoms with E-state index < -0.39 is 0 Å². The van der Waals surface area contributed by atoms with Crippen molar-refractivity contribution in [2.45, 2.75) is 90.8 Å². The lowest BCUT2D eigenvalue weighted by molar-refractivity contribution is 0.116. The number of hydrogen-bond acceptors (Lipinski definition) is 2. The van der Waals surface area contributed by atoms with Gasteiger partial charge in [0.2, 0.25) is 0 Å². The van der Waals surface area contributed by atoms with Crippen molar-refractivity contribution in [3.63, 3.8) is 0 Å². The van der Waals surface area contributed by atoms with E-state index in [0.717, 1.165) is 12.2 Å². The van der Waals surface area contributed by atoms with Gasteiger partial charge in [0.15, 0.2) is 0 Å². The van der Waals surface area contributed by atoms with Gasteiger partial charge in [-0.3, -0.25) is 0 Å². The van der Waals surface area contributed by atoms with Crippen molar-refractivity contribution in [1.29, 1.82) is 0 Å². The van der Waals surface area contributed by atoms with E-state index in [1.54, 1.807) is 0 Å². The van der Waals surface area contributed by atoms with Crippen LogP contribution in [-0.2, 0) is 18.0 Å². The van der Waals surface area contributed by atoms with E-state index in [0.29, 0.717) is 6.61 Å². The van der Waals surface area contributed by atoms with Crippen LogP contribution >= 0.6 is 0 Å². The zero-order valence-corrected chi connectivity index (χ0v) is 15.1. The summed E-state index contributed by atoms with van der Waals surface area (Å²) in [6.45, 7) is 3.93. The topological polar surface area (TPSA) is 29.5 Å². The van der Waals surface area contributed by atoms with E-state index in [2.05, 4.69) is 6.92 Å². The Balaban J connectivity index is 1.82. The molecule has 0 saturated heterocycles. The van der Waals surface area contributed by atoms with Crippen LogP contribution in [0.2, 0.25) is 0 Å². The van der Waals surface area contributed by atoms with E-state index in [1.165, 1.54) is 76.2 Å². The third kappa shape index (κ3) is 11.3. The smallest absolute Gasteiger partial charge is 0.0716 e. The maximum atomic E-state index is 9.00. The van der Waals surface area contributed by atoms with E-state index in [9.17, 15) is 0 Å². The summed E-state index contributed by atoms with van der Waals surface area (Å²) in [6.07, 6.45) is 15.1. The molecule has 132 valence electrons. The third-order valence-corrected chi connectivity index (χ3v) is 4.37. The summed E-state index contributed by atoms with van der Waals surface area (Å²) in [4.78, 5) is 0. The predicted molar refractivity (Wildman–Crippen MR) is 98.5 cm³/mol. The van der Waals surface area contributed by atoms with Gasteiger partial charge in [-0.2, -0.15) is 0 Å². The maximum Gasteiger partial charge on any atom is 0.0716 e. The number of aliphatic hydroxyl groups excluding tert-OH is 1. The fourth-order valence-corrected chi connectivity index (χ4v) is 2.80. The van der Waals surface area contributed by atoms with E-state index >= 15 is 0 Å². The van der Waals surface area contributed by atoms with Gasteiger partial charge < -0.3 is 9.84 Å². The van der Waals surface area contributed by atoms with Crippen molar-refractivity contribution in [2.75, 3.05) is 6.61 Å². The van der Waals surface area contributed by atoms with Crippen molar-refractivity contribution < 1.29 is 9.84 Å². The van der Waals surface area contributed by atoms with Gasteiger partial charge in [0, 0.05) is 6.61 Å². The molecule has 0 unspecified atom stereocenters. The molecule has 0 aliphatic heterocycles. The largest absolute Gasteiger partial charge is 0.392 e. The van der Waals surface area contributed by atoms with Gasteiger partial charge in [-0.25, -0.2) is 0 Å². The fraction of sp³-hybridized carbons (Fsp3) is 0.714. The van der Waals surface area contributed by atoms with Crippen LogP contribution in [0.4, 0.5) is 0 Å². The van der Waals surface area contributed by atoms with Gasteiger partial charge in [-0.1, -0.05) is 95.4 Å². The minimum Gasteiger partial charge on any atom is -0.392 e. The zero-order valence-electron chi connectivity index (χ0n) is 15.1. The molecule has 0 aromatic heterocycles. The minimum atomic E-state index is 0.111. The summed E-state index contributed by atoms with van der Waals surface area (Å²) in [5, 5.41) is 9.00. The first-order valence-electron chi connectivity index (χ1n) is 9.63. The number of hydrogen-bond donors (Lipinski definition) is 1. The SMILES string of the molecule is CCCCCCCCCCCCCOCc1ccc(CO)cc1. The van der Waals surface area contributed by atoms with E-state index in [-0.39, 0.29) is 6.61 Å². The molecule has 0 atom stereocenters. The van der Waals surface area contributed by atoms with E-state index in [4.69, 9.17) is 9.84 Å². The molecule has 23 heavy (non-hydrogen) atoms. The Kier molecular flexibility index (Phi) is 12.9. The molecule has 1 rings (SSSR count). The van der Waals surface area contributed by atoms with Crippen LogP contribution in [-0.4, -0.2) is 11.7 Å². The Labute approximate surface area is 143 Å². The maximum absolute atomic E-state index is 9.00. The number of benzene rings is 1. The molecule has 0 bridgehead atoms. The molecule has 0 heterocycles. The molecule has 0 fully saturated rings. The number of unbranched alkanes of at least 4 members (excludes halogenated alkanes) is 10. The summed E-state index contributed by atoms with van der Waals surface area (Å²) in [6, 6.07) is 7.99. The normalized spacial score (nSPS) is 11.0. The highest BCUT2D eigenvalue weighted by atomic mass is 16.5. The lowest BCUT2D eigenvalue weighted by atomic mass is 10.1. The van der Waals surface area contributed by atoms with Gasteiger partial charge in [0.05, 0.1) is 13.2 Å². The van der Waals surface area contributed by atoms with Crippen LogP contribution in [0.5, 0.6) is 0 Å². The second kappa shape index (κ2) is 14.7. The Morgan fingerprint density at radius 2 is 1.17 bits per heavy atom. The van der Waals surface area contributed by atoms with Gasteiger partial charge in [0.1, 0.15) is 0 Å². The molecule has 0 aliphatic rings. The molecule has 2 nitrogen and oxygen atoms in total. The molecule has 1 aromatic rings. The zero-order chi connectivity index (χ0) is 16.6. The number of rotatable bonds is 15. The molecular formula is C21H36O2. The Bertz CT molecular complexity index is 359. The summed E-state index contributed by atoms with van der Waals surface area (Å²) in [5.74, 6) is 0. The molecule has 0 amide bonds. The highest BCUT2D eigenvalue weighted by Crippen LogP contribution is 2.11. The van der Waals surface area contributed by atoms with Crippen LogP contribution in [0.25, 0.3) is 0 Å². The van der Waals surface area contributed by atoms with Crippen LogP contribution in [0.3, 0.4) is 0 Å². The molecule has 0 radical (unpaired) electrons. The Morgan fingerprint density at radius 3 is 1.70 bits per heavy atom. The highest BCUT2D eigenvalue weighted by molar-refractivity contribution is 5.21. The first kappa shape index (κ1) is 20.2. The molecule has 0 spiro atoms. The first-order valence-corrected chi connectivity index (χ1v) is 9.63. The monoisotopic (exact) mass is 320 g/mol. The van der Waals surface area contributed by atoms with Crippen LogP contribution in [0, 0.1) is 0 Å². The fourth-order valence-electron chi connectivity index (χ4n) is 2.80. The molecule has 1 aromatic carbocycles. The highest BCUT2D eigenvalue weighted by Gasteiger charge is 1.96. The molecule has 0 aliphatic carbocycles. The van der Waals surface area contributed by atoms with Crippen molar-refractivity contribution >= 4 is 0 Å². The first-order chi connectivity index (χ1) is 11.4. The summed E-state index contributed by atoms with van der Waals surface area (Å²) >= 11 is 0. The van der Waals surface area contributed by atoms with Crippen molar-refractivity contribution in [3.8, 4) is 0 Å². The van der Waals surface area contributed by atoms with Crippen LogP contribution in [0.15, 0.2) is 24.3 Å². The van der Waals surface area contributed by atoms with Crippen molar-refractivity contribution in [3.05, 3.63) is 35.4 Å². The Morgan fingerprint density at radius 1 is 0.696 bits per heavy atom. The third-order valence-electron chi connectivity index (χ3n) is 4.37. The van der Waals surface area contributed by atoms with Gasteiger partial charge in [-0.05, 0) is 17.5 Å². The average Bonchev–Trinajstić information content (AvgIpc) is 2.59. The molecule has 2 heteroatoms. The van der Waals surface area contributed by atoms with Gasteiger partial charge >= 0.3 is 0 Å². The van der Waals surface area contributed by atoms with Gasteiger partial charge in [-0.15, -0.1) is 0 Å². The van der Waals surface area contributed by atoms with Crippen molar-refractivity contribution in [2.24, 2.45) is 0 Å². The minimum absolute atomic E-state index is 0.111. The summed E-state index contributed by atoms with van der Waals surface area (Å²) in [5.41, 5.74) is 2.14. The Hall–Kier alpha value is -0.860. The van der Waals surface area contributed by atoms with Crippen LogP contribution < -0.4 is 0 Å². The molecule has 1 N–H and O–H groups in total. The average molecular weight is 321 g/mol. The van der Waals surface area contributed by atoms with Crippen LogP contribution in [0.1, 0.15) is 88.7 Å². The lowest BCUT2D eigenvalue weighted by Gasteiger charge is -2.05. The predicted octanol–water partition coefficient (Wildman–Crippen LogP) is 6.01. The molecule has 0 saturated carbocycles. The standard InChI is InChI=1S/C21H36O2/c1-2-3-4-5-6-7-8-9-10-11-12-17-23-19-21-15-13-20(18-22)14-16-21/h13-16,22H,2-12,17-19H2,1H3. The van der Waals surface area contributed by atoms with Gasteiger partial charge in [0.25, 0.3) is 0 Å². The summed E-state index contributed by atoms with van der Waals surface area (Å²) < 4.78 is 5.71. The second-order valence-electron chi connectivity index (χ2n) is 6.56. The molecular weight excluding hydrogens is 284 g/mol. The summed E-state index contributed by atoms with van der Waals surface area (Å²) in [7, 11) is 0. The number of ether oxygens (including phenoxy) is 1. The second-order valence-corrected chi connectivity index (χ2v) is 6.56. The lowest BCUT2D eigenvalue weighted by Crippen LogP contribution is -1.96. The number of aliphatic hydroxyl groups is 1. The van der Waals surface area contributed by atoms with Crippen molar-refractivity contribution in [1.82, 2.24) is 0 Å².